The molecule has 96 valence electrons. The third-order valence-corrected chi connectivity index (χ3v) is 3.74. The fraction of sp³-hybridized carbons (Fsp3) is 1.00. The van der Waals surface area contributed by atoms with Crippen molar-refractivity contribution in [2.75, 3.05) is 40.5 Å². The van der Waals surface area contributed by atoms with Crippen LogP contribution in [-0.4, -0.2) is 56.8 Å². The highest BCUT2D eigenvalue weighted by molar-refractivity contribution is 6.21. The summed E-state index contributed by atoms with van der Waals surface area (Å²) in [6.45, 7) is 3.07. The Morgan fingerprint density at radius 3 is 2.62 bits per heavy atom. The Morgan fingerprint density at radius 2 is 1.94 bits per heavy atom. The van der Waals surface area contributed by atoms with E-state index in [9.17, 15) is 0 Å². The molecule has 0 amide bonds. The first-order chi connectivity index (χ1) is 7.75. The van der Waals surface area contributed by atoms with Crippen molar-refractivity contribution in [3.63, 3.8) is 0 Å². The maximum atomic E-state index is 6.34. The van der Waals surface area contributed by atoms with E-state index in [0.29, 0.717) is 24.6 Å². The lowest BCUT2D eigenvalue weighted by Crippen LogP contribution is -2.42. The van der Waals surface area contributed by atoms with Gasteiger partial charge in [0.2, 0.25) is 0 Å². The number of hydrogen-bond acceptors (Lipinski definition) is 3. The summed E-state index contributed by atoms with van der Waals surface area (Å²) in [5, 5.41) is 0.317. The number of methoxy groups -OCH3 is 1. The van der Waals surface area contributed by atoms with Crippen molar-refractivity contribution >= 4 is 11.6 Å². The van der Waals surface area contributed by atoms with Crippen LogP contribution in [-0.2, 0) is 9.47 Å². The standard InChI is InChI=1S/C12H24ClNO2/c1-14(7-8-16-10-9-15-2)12-6-4-3-5-11(12)13/h11-12H,3-10H2,1-2H3. The molecule has 0 aliphatic heterocycles. The van der Waals surface area contributed by atoms with Crippen molar-refractivity contribution in [2.45, 2.75) is 37.1 Å². The molecule has 1 rings (SSSR count). The van der Waals surface area contributed by atoms with E-state index >= 15 is 0 Å². The highest BCUT2D eigenvalue weighted by Crippen LogP contribution is 2.26. The van der Waals surface area contributed by atoms with Crippen molar-refractivity contribution in [3.8, 4) is 0 Å². The van der Waals surface area contributed by atoms with Gasteiger partial charge in [-0.1, -0.05) is 12.8 Å². The van der Waals surface area contributed by atoms with E-state index < -0.39 is 0 Å². The van der Waals surface area contributed by atoms with Gasteiger partial charge < -0.3 is 9.47 Å². The van der Waals surface area contributed by atoms with Gasteiger partial charge in [0.25, 0.3) is 0 Å². The summed E-state index contributed by atoms with van der Waals surface area (Å²) in [7, 11) is 3.83. The van der Waals surface area contributed by atoms with E-state index in [-0.39, 0.29) is 0 Å². The third kappa shape index (κ3) is 5.00. The second kappa shape index (κ2) is 8.29. The third-order valence-electron chi connectivity index (χ3n) is 3.23. The highest BCUT2D eigenvalue weighted by atomic mass is 35.5. The summed E-state index contributed by atoms with van der Waals surface area (Å²) in [6.07, 6.45) is 4.97. The first-order valence-corrected chi connectivity index (χ1v) is 6.60. The average molecular weight is 250 g/mol. The molecule has 1 aliphatic carbocycles. The SMILES string of the molecule is COCCOCCN(C)C1CCCCC1Cl. The summed E-state index contributed by atoms with van der Waals surface area (Å²) >= 11 is 6.34. The normalized spacial score (nSPS) is 26.2. The van der Waals surface area contributed by atoms with Gasteiger partial charge in [-0.3, -0.25) is 4.90 Å². The minimum atomic E-state index is 0.317. The Bertz CT molecular complexity index is 180. The van der Waals surface area contributed by atoms with Crippen molar-refractivity contribution < 1.29 is 9.47 Å². The first kappa shape index (κ1) is 14.2. The van der Waals surface area contributed by atoms with Crippen LogP contribution >= 0.6 is 11.6 Å². The van der Waals surface area contributed by atoms with Crippen molar-refractivity contribution in [2.24, 2.45) is 0 Å². The predicted molar refractivity (Wildman–Crippen MR) is 67.2 cm³/mol. The zero-order valence-corrected chi connectivity index (χ0v) is 11.2. The molecule has 0 spiro atoms. The first-order valence-electron chi connectivity index (χ1n) is 6.16. The van der Waals surface area contributed by atoms with Crippen LogP contribution in [0.15, 0.2) is 0 Å². The molecule has 16 heavy (non-hydrogen) atoms. The molecule has 4 heteroatoms. The molecule has 2 atom stereocenters. The number of halogens is 1. The Hall–Kier alpha value is 0.170. The minimum absolute atomic E-state index is 0.317. The van der Waals surface area contributed by atoms with Gasteiger partial charge in [0, 0.05) is 25.1 Å². The predicted octanol–water partition coefficient (Wildman–Crippen LogP) is 2.13. The number of hydrogen-bond donors (Lipinski definition) is 0. The van der Waals surface area contributed by atoms with E-state index in [0.717, 1.165) is 19.6 Å². The molecule has 2 unspecified atom stereocenters. The Morgan fingerprint density at radius 1 is 1.19 bits per heavy atom. The molecule has 0 heterocycles. The molecule has 1 fully saturated rings. The molecule has 0 N–H and O–H groups in total. The maximum absolute atomic E-state index is 6.34. The molecule has 1 saturated carbocycles. The van der Waals surface area contributed by atoms with E-state index in [1.165, 1.54) is 19.3 Å². The molecule has 1 aliphatic rings. The molecule has 0 aromatic heterocycles. The lowest BCUT2D eigenvalue weighted by Gasteiger charge is -2.34. The van der Waals surface area contributed by atoms with Crippen molar-refractivity contribution in [3.05, 3.63) is 0 Å². The van der Waals surface area contributed by atoms with Gasteiger partial charge in [0.15, 0.2) is 0 Å². The summed E-state index contributed by atoms with van der Waals surface area (Å²) in [5.41, 5.74) is 0. The van der Waals surface area contributed by atoms with Crippen LogP contribution in [0.4, 0.5) is 0 Å². The van der Waals surface area contributed by atoms with Crippen LogP contribution < -0.4 is 0 Å². The smallest absolute Gasteiger partial charge is 0.0700 e. The number of nitrogens with zero attached hydrogens (tertiary/aromatic N) is 1. The molecule has 0 bridgehead atoms. The summed E-state index contributed by atoms with van der Waals surface area (Å²) in [4.78, 5) is 2.34. The van der Waals surface area contributed by atoms with E-state index in [4.69, 9.17) is 21.1 Å². The van der Waals surface area contributed by atoms with Crippen molar-refractivity contribution in [1.29, 1.82) is 0 Å². The molecule has 0 radical (unpaired) electrons. The topological polar surface area (TPSA) is 21.7 Å². The Labute approximate surface area is 104 Å². The monoisotopic (exact) mass is 249 g/mol. The van der Waals surface area contributed by atoms with Crippen LogP contribution in [0.5, 0.6) is 0 Å². The second-order valence-electron chi connectivity index (χ2n) is 4.45. The molecule has 0 saturated heterocycles. The van der Waals surface area contributed by atoms with Gasteiger partial charge in [-0.25, -0.2) is 0 Å². The zero-order chi connectivity index (χ0) is 11.8. The van der Waals surface area contributed by atoms with Gasteiger partial charge in [-0.05, 0) is 19.9 Å². The lowest BCUT2D eigenvalue weighted by molar-refractivity contribution is 0.0520. The largest absolute Gasteiger partial charge is 0.382 e. The molecular formula is C12H24ClNO2. The van der Waals surface area contributed by atoms with Gasteiger partial charge in [-0.15, -0.1) is 11.6 Å². The number of alkyl halides is 1. The lowest BCUT2D eigenvalue weighted by atomic mass is 9.94. The van der Waals surface area contributed by atoms with E-state index in [2.05, 4.69) is 11.9 Å². The quantitative estimate of drug-likeness (QED) is 0.510. The Kier molecular flexibility index (Phi) is 7.37. The number of ether oxygens (including phenoxy) is 2. The van der Waals surface area contributed by atoms with Crippen LogP contribution in [0.3, 0.4) is 0 Å². The highest BCUT2D eigenvalue weighted by Gasteiger charge is 2.26. The van der Waals surface area contributed by atoms with E-state index in [1.54, 1.807) is 7.11 Å². The molecular weight excluding hydrogens is 226 g/mol. The summed E-state index contributed by atoms with van der Waals surface area (Å²) in [5.74, 6) is 0. The Balaban J connectivity index is 2.10. The second-order valence-corrected chi connectivity index (χ2v) is 5.01. The average Bonchev–Trinajstić information content (AvgIpc) is 2.29. The van der Waals surface area contributed by atoms with Crippen molar-refractivity contribution in [1.82, 2.24) is 4.90 Å². The number of likely N-dealkylation sites (N-methyl/N-ethyl adjacent to an activating group) is 1. The zero-order valence-electron chi connectivity index (χ0n) is 10.5. The molecule has 0 aromatic carbocycles. The van der Waals surface area contributed by atoms with Crippen LogP contribution in [0, 0.1) is 0 Å². The minimum Gasteiger partial charge on any atom is -0.382 e. The van der Waals surface area contributed by atoms with Gasteiger partial charge >= 0.3 is 0 Å². The van der Waals surface area contributed by atoms with Gasteiger partial charge in [0.05, 0.1) is 19.8 Å². The van der Waals surface area contributed by atoms with Crippen LogP contribution in [0.25, 0.3) is 0 Å². The summed E-state index contributed by atoms with van der Waals surface area (Å²) < 4.78 is 10.4. The fourth-order valence-electron chi connectivity index (χ4n) is 2.18. The van der Waals surface area contributed by atoms with E-state index in [1.807, 2.05) is 0 Å². The number of rotatable bonds is 7. The van der Waals surface area contributed by atoms with Crippen LogP contribution in [0.1, 0.15) is 25.7 Å². The maximum Gasteiger partial charge on any atom is 0.0700 e. The molecule has 0 aromatic rings. The van der Waals surface area contributed by atoms with Crippen LogP contribution in [0.2, 0.25) is 0 Å². The van der Waals surface area contributed by atoms with Gasteiger partial charge in [0.1, 0.15) is 0 Å². The van der Waals surface area contributed by atoms with Gasteiger partial charge in [-0.2, -0.15) is 0 Å². The fourth-order valence-corrected chi connectivity index (χ4v) is 2.65. The summed E-state index contributed by atoms with van der Waals surface area (Å²) in [6, 6.07) is 0.529. The molecule has 3 nitrogen and oxygen atoms in total.